The quantitative estimate of drug-likeness (QED) is 0.471. The fourth-order valence-corrected chi connectivity index (χ4v) is 3.75. The van der Waals surface area contributed by atoms with Crippen molar-refractivity contribution in [2.24, 2.45) is 0 Å². The summed E-state index contributed by atoms with van der Waals surface area (Å²) in [5, 5.41) is 3.98. The highest BCUT2D eigenvalue weighted by molar-refractivity contribution is 7.99. The molecule has 1 aromatic carbocycles. The molecule has 142 valence electrons. The number of rotatable bonds is 6. The Labute approximate surface area is 166 Å². The van der Waals surface area contributed by atoms with Gasteiger partial charge in [0.05, 0.1) is 11.3 Å². The van der Waals surface area contributed by atoms with Gasteiger partial charge in [0.1, 0.15) is 5.52 Å². The van der Waals surface area contributed by atoms with E-state index in [-0.39, 0.29) is 23.3 Å². The summed E-state index contributed by atoms with van der Waals surface area (Å²) in [6.45, 7) is 5.88. The van der Waals surface area contributed by atoms with Crippen LogP contribution in [0, 0.1) is 6.92 Å². The molecule has 0 unspecified atom stereocenters. The van der Waals surface area contributed by atoms with E-state index >= 15 is 0 Å². The Kier molecular flexibility index (Phi) is 5.92. The van der Waals surface area contributed by atoms with E-state index in [1.165, 1.54) is 11.8 Å². The number of anilines is 1. The molecule has 0 bridgehead atoms. The van der Waals surface area contributed by atoms with Gasteiger partial charge in [-0.1, -0.05) is 30.3 Å². The van der Waals surface area contributed by atoms with E-state index in [0.717, 1.165) is 12.1 Å². The second-order valence-corrected chi connectivity index (χ2v) is 7.76. The smallest absolute Gasteiger partial charge is 0.278 e. The van der Waals surface area contributed by atoms with Crippen molar-refractivity contribution >= 4 is 46.0 Å². The van der Waals surface area contributed by atoms with Gasteiger partial charge in [-0.25, -0.2) is 4.98 Å². The van der Waals surface area contributed by atoms with Crippen molar-refractivity contribution in [1.29, 1.82) is 0 Å². The third kappa shape index (κ3) is 4.36. The van der Waals surface area contributed by atoms with Crippen LogP contribution in [-0.2, 0) is 4.79 Å². The highest BCUT2D eigenvalue weighted by Gasteiger charge is 2.18. The van der Waals surface area contributed by atoms with Gasteiger partial charge < -0.3 is 10.3 Å². The van der Waals surface area contributed by atoms with Crippen LogP contribution in [0.15, 0.2) is 40.3 Å². The first kappa shape index (κ1) is 19.5. The van der Waals surface area contributed by atoms with E-state index < -0.39 is 0 Å². The minimum Gasteiger partial charge on any atom is -0.353 e. The summed E-state index contributed by atoms with van der Waals surface area (Å²) in [6, 6.07) is 8.75. The number of amides is 1. The molecule has 0 saturated carbocycles. The lowest BCUT2D eigenvalue weighted by Gasteiger charge is -2.17. The highest BCUT2D eigenvalue weighted by Crippen LogP contribution is 2.23. The minimum atomic E-state index is -0.169. The Morgan fingerprint density at radius 1 is 1.37 bits per heavy atom. The fraction of sp³-hybridized carbons (Fsp3) is 0.316. The molecular weight excluding hydrogens is 384 g/mol. The van der Waals surface area contributed by atoms with Gasteiger partial charge in [-0.05, 0) is 50.6 Å². The van der Waals surface area contributed by atoms with E-state index in [1.54, 1.807) is 28.8 Å². The van der Waals surface area contributed by atoms with Crippen LogP contribution >= 0.6 is 23.4 Å². The molecule has 0 aliphatic heterocycles. The number of fused-ring (bicyclic) bond motifs is 1. The third-order valence-corrected chi connectivity index (χ3v) is 5.48. The van der Waals surface area contributed by atoms with Gasteiger partial charge in [0.2, 0.25) is 5.91 Å². The zero-order chi connectivity index (χ0) is 19.6. The molecule has 0 aliphatic carbocycles. The number of benzene rings is 1. The number of nitrogens with zero attached hydrogens (tertiary/aromatic N) is 2. The molecule has 2 N–H and O–H groups in total. The average Bonchev–Trinajstić information content (AvgIpc) is 3.02. The van der Waals surface area contributed by atoms with E-state index in [4.69, 9.17) is 11.6 Å². The highest BCUT2D eigenvalue weighted by atomic mass is 35.5. The van der Waals surface area contributed by atoms with Crippen molar-refractivity contribution in [3.8, 4) is 0 Å². The van der Waals surface area contributed by atoms with Crippen molar-refractivity contribution in [2.75, 3.05) is 11.1 Å². The molecule has 3 rings (SSSR count). The number of hydrogen-bond acceptors (Lipinski definition) is 4. The van der Waals surface area contributed by atoms with Crippen molar-refractivity contribution in [1.82, 2.24) is 14.5 Å². The van der Waals surface area contributed by atoms with Crippen molar-refractivity contribution < 1.29 is 4.79 Å². The van der Waals surface area contributed by atoms with Crippen molar-refractivity contribution in [3.05, 3.63) is 51.4 Å². The Bertz CT molecular complexity index is 1030. The van der Waals surface area contributed by atoms with Gasteiger partial charge >= 0.3 is 0 Å². The predicted molar refractivity (Wildman–Crippen MR) is 111 cm³/mol. The summed E-state index contributed by atoms with van der Waals surface area (Å²) in [6.07, 6.45) is 0.789. The standard InChI is InChI=1S/C19H21ClN4O2S/c1-4-12(3)24-18(26)17-15(9-11(2)21-17)23-19(24)27-10-16(25)22-14-7-5-13(20)6-8-14/h5-9,12,21H,4,10H2,1-3H3,(H,22,25)/t12-/m1/s1. The SMILES string of the molecule is CC[C@@H](C)n1c(SCC(=O)Nc2ccc(Cl)cc2)nc2cc(C)[nH]c2c1=O. The van der Waals surface area contributed by atoms with E-state index in [0.29, 0.717) is 26.9 Å². The van der Waals surface area contributed by atoms with Crippen molar-refractivity contribution in [2.45, 2.75) is 38.4 Å². The molecular formula is C19H21ClN4O2S. The number of H-pyrrole nitrogens is 1. The lowest BCUT2D eigenvalue weighted by Crippen LogP contribution is -2.26. The van der Waals surface area contributed by atoms with Crippen LogP contribution in [0.1, 0.15) is 32.0 Å². The molecule has 0 aliphatic rings. The molecule has 2 aromatic heterocycles. The lowest BCUT2D eigenvalue weighted by molar-refractivity contribution is -0.113. The lowest BCUT2D eigenvalue weighted by atomic mass is 10.2. The van der Waals surface area contributed by atoms with Crippen LogP contribution in [0.25, 0.3) is 11.0 Å². The third-order valence-electron chi connectivity index (χ3n) is 4.28. The molecule has 0 radical (unpaired) electrons. The topological polar surface area (TPSA) is 79.8 Å². The van der Waals surface area contributed by atoms with Crippen LogP contribution in [0.3, 0.4) is 0 Å². The first-order chi connectivity index (χ1) is 12.9. The Morgan fingerprint density at radius 2 is 2.07 bits per heavy atom. The van der Waals surface area contributed by atoms with Crippen LogP contribution in [0.2, 0.25) is 5.02 Å². The summed E-state index contributed by atoms with van der Waals surface area (Å²) in [5.74, 6) is -0.0157. The van der Waals surface area contributed by atoms with Gasteiger partial charge in [0.25, 0.3) is 5.56 Å². The summed E-state index contributed by atoms with van der Waals surface area (Å²) < 4.78 is 1.67. The van der Waals surface area contributed by atoms with Crippen LogP contribution in [0.4, 0.5) is 5.69 Å². The normalized spacial score (nSPS) is 12.3. The number of aryl methyl sites for hydroxylation is 1. The fourth-order valence-electron chi connectivity index (χ4n) is 2.72. The van der Waals surface area contributed by atoms with Gasteiger partial charge in [-0.15, -0.1) is 0 Å². The average molecular weight is 405 g/mol. The molecule has 0 spiro atoms. The summed E-state index contributed by atoms with van der Waals surface area (Å²) in [7, 11) is 0. The molecule has 0 fully saturated rings. The number of hydrogen-bond donors (Lipinski definition) is 2. The number of nitrogens with one attached hydrogen (secondary N) is 2. The molecule has 3 aromatic rings. The van der Waals surface area contributed by atoms with Gasteiger partial charge in [-0.3, -0.25) is 14.2 Å². The van der Waals surface area contributed by atoms with E-state index in [2.05, 4.69) is 15.3 Å². The number of carbonyl (C=O) groups excluding carboxylic acids is 1. The predicted octanol–water partition coefficient (Wildman–Crippen LogP) is 4.39. The Hall–Kier alpha value is -2.25. The number of thioether (sulfide) groups is 1. The van der Waals surface area contributed by atoms with Crippen LogP contribution in [0.5, 0.6) is 0 Å². The number of aromatic amines is 1. The van der Waals surface area contributed by atoms with Crippen molar-refractivity contribution in [3.63, 3.8) is 0 Å². The zero-order valence-corrected chi connectivity index (χ0v) is 16.9. The van der Waals surface area contributed by atoms with Crippen LogP contribution in [-0.4, -0.2) is 26.2 Å². The first-order valence-electron chi connectivity index (χ1n) is 8.69. The summed E-state index contributed by atoms with van der Waals surface area (Å²) >= 11 is 7.11. The Morgan fingerprint density at radius 3 is 2.74 bits per heavy atom. The Balaban J connectivity index is 1.83. The maximum absolute atomic E-state index is 12.9. The maximum atomic E-state index is 12.9. The van der Waals surface area contributed by atoms with Gasteiger partial charge in [-0.2, -0.15) is 0 Å². The van der Waals surface area contributed by atoms with Gasteiger partial charge in [0.15, 0.2) is 5.16 Å². The largest absolute Gasteiger partial charge is 0.353 e. The summed E-state index contributed by atoms with van der Waals surface area (Å²) in [5.41, 5.74) is 2.57. The maximum Gasteiger partial charge on any atom is 0.278 e. The zero-order valence-electron chi connectivity index (χ0n) is 15.4. The molecule has 1 atom stereocenters. The number of halogens is 1. The van der Waals surface area contributed by atoms with E-state index in [9.17, 15) is 9.59 Å². The molecule has 8 heteroatoms. The minimum absolute atomic E-state index is 0.0140. The first-order valence-corrected chi connectivity index (χ1v) is 10.1. The van der Waals surface area contributed by atoms with E-state index in [1.807, 2.05) is 26.8 Å². The number of carbonyl (C=O) groups is 1. The van der Waals surface area contributed by atoms with Gasteiger partial charge in [0, 0.05) is 22.4 Å². The second-order valence-electron chi connectivity index (χ2n) is 6.38. The molecule has 2 heterocycles. The van der Waals surface area contributed by atoms with Crippen LogP contribution < -0.4 is 10.9 Å². The number of aromatic nitrogens is 3. The summed E-state index contributed by atoms with van der Waals surface area (Å²) in [4.78, 5) is 32.9. The second kappa shape index (κ2) is 8.19. The monoisotopic (exact) mass is 404 g/mol. The molecule has 27 heavy (non-hydrogen) atoms. The molecule has 6 nitrogen and oxygen atoms in total. The molecule has 0 saturated heterocycles. The molecule has 1 amide bonds.